The van der Waals surface area contributed by atoms with E-state index in [1.54, 1.807) is 34.6 Å². The molecule has 1 heterocycles. The lowest BCUT2D eigenvalue weighted by atomic mass is 10.1. The van der Waals surface area contributed by atoms with Crippen LogP contribution in [0.15, 0.2) is 0 Å². The van der Waals surface area contributed by atoms with Gasteiger partial charge in [-0.05, 0) is 61.0 Å². The van der Waals surface area contributed by atoms with Gasteiger partial charge in [-0.3, -0.25) is 9.59 Å². The van der Waals surface area contributed by atoms with E-state index in [-0.39, 0.29) is 23.2 Å². The highest BCUT2D eigenvalue weighted by molar-refractivity contribution is 6.02. The van der Waals surface area contributed by atoms with Gasteiger partial charge in [0.1, 0.15) is 11.7 Å². The Balaban J connectivity index is 2.93. The molecule has 1 rings (SSSR count). The number of aryl methyl sites for hydroxylation is 1. The molecule has 0 saturated carbocycles. The van der Waals surface area contributed by atoms with E-state index in [1.807, 2.05) is 20.8 Å². The molecule has 7 heteroatoms. The molecule has 2 amide bonds. The van der Waals surface area contributed by atoms with Crippen molar-refractivity contribution in [2.75, 3.05) is 0 Å². The molecular formula is C18H29N3O4. The number of amides is 2. The van der Waals surface area contributed by atoms with Gasteiger partial charge in [0.2, 0.25) is 5.91 Å². The Bertz CT molecular complexity index is 669. The summed E-state index contributed by atoms with van der Waals surface area (Å²) in [6, 6.07) is -0.708. The van der Waals surface area contributed by atoms with Crippen molar-refractivity contribution in [2.45, 2.75) is 73.1 Å². The van der Waals surface area contributed by atoms with Crippen LogP contribution in [0.4, 0.5) is 0 Å². The molecule has 0 aliphatic heterocycles. The molecule has 1 aromatic heterocycles. The van der Waals surface area contributed by atoms with Gasteiger partial charge in [0.05, 0.1) is 11.7 Å². The van der Waals surface area contributed by atoms with Gasteiger partial charge in [-0.15, -0.1) is 0 Å². The van der Waals surface area contributed by atoms with E-state index >= 15 is 0 Å². The molecular weight excluding hydrogens is 322 g/mol. The van der Waals surface area contributed by atoms with E-state index in [0.717, 1.165) is 0 Å². The number of nitrogens with one attached hydrogen (secondary N) is 3. The average Bonchev–Trinajstić information content (AvgIpc) is 2.71. The van der Waals surface area contributed by atoms with Crippen molar-refractivity contribution in [3.05, 3.63) is 22.5 Å². The van der Waals surface area contributed by atoms with Crippen molar-refractivity contribution in [1.29, 1.82) is 0 Å². The molecule has 7 nitrogen and oxygen atoms in total. The Morgan fingerprint density at radius 1 is 1.08 bits per heavy atom. The minimum Gasteiger partial charge on any atom is -0.459 e. The zero-order valence-electron chi connectivity index (χ0n) is 16.3. The normalized spacial score (nSPS) is 12.7. The number of ether oxygens (including phenoxy) is 1. The number of carbonyl (C=O) groups is 3. The van der Waals surface area contributed by atoms with Gasteiger partial charge in [-0.25, -0.2) is 4.79 Å². The third-order valence-electron chi connectivity index (χ3n) is 3.45. The van der Waals surface area contributed by atoms with Crippen molar-refractivity contribution in [2.24, 2.45) is 0 Å². The number of hydrogen-bond acceptors (Lipinski definition) is 4. The van der Waals surface area contributed by atoms with Crippen LogP contribution in [0.5, 0.6) is 0 Å². The molecule has 0 unspecified atom stereocenters. The Labute approximate surface area is 148 Å². The number of H-pyrrole nitrogens is 1. The predicted molar refractivity (Wildman–Crippen MR) is 95.6 cm³/mol. The Morgan fingerprint density at radius 2 is 1.64 bits per heavy atom. The van der Waals surface area contributed by atoms with Crippen LogP contribution in [0.2, 0.25) is 0 Å². The lowest BCUT2D eigenvalue weighted by Gasteiger charge is -2.23. The quantitative estimate of drug-likeness (QED) is 0.708. The first-order valence-electron chi connectivity index (χ1n) is 8.36. The summed E-state index contributed by atoms with van der Waals surface area (Å²) in [5.41, 5.74) is 1.28. The second-order valence-corrected chi connectivity index (χ2v) is 7.51. The van der Waals surface area contributed by atoms with Crippen LogP contribution in [0, 0.1) is 13.8 Å². The summed E-state index contributed by atoms with van der Waals surface area (Å²) < 4.78 is 5.21. The SMILES string of the molecule is Cc1[nH]c(C(=O)N[C@@H](C)C(=O)NC(C)(C)C)c(C)c1C(=O)OC(C)C. The fourth-order valence-electron chi connectivity index (χ4n) is 2.37. The molecule has 1 atom stereocenters. The third kappa shape index (κ3) is 5.62. The van der Waals surface area contributed by atoms with E-state index in [4.69, 9.17) is 4.74 Å². The molecule has 0 radical (unpaired) electrons. The molecule has 0 saturated heterocycles. The van der Waals surface area contributed by atoms with Gasteiger partial charge in [-0.1, -0.05) is 0 Å². The molecule has 25 heavy (non-hydrogen) atoms. The Kier molecular flexibility index (Phi) is 6.40. The van der Waals surface area contributed by atoms with Crippen LogP contribution in [-0.4, -0.2) is 40.5 Å². The predicted octanol–water partition coefficient (Wildman–Crippen LogP) is 2.23. The largest absolute Gasteiger partial charge is 0.459 e. The lowest BCUT2D eigenvalue weighted by molar-refractivity contribution is -0.124. The van der Waals surface area contributed by atoms with Gasteiger partial charge in [0.15, 0.2) is 0 Å². The molecule has 1 aromatic rings. The van der Waals surface area contributed by atoms with Gasteiger partial charge in [-0.2, -0.15) is 0 Å². The van der Waals surface area contributed by atoms with Gasteiger partial charge >= 0.3 is 5.97 Å². The van der Waals surface area contributed by atoms with Gasteiger partial charge in [0.25, 0.3) is 5.91 Å². The van der Waals surface area contributed by atoms with Crippen LogP contribution in [-0.2, 0) is 9.53 Å². The second kappa shape index (κ2) is 7.72. The summed E-state index contributed by atoms with van der Waals surface area (Å²) in [6.45, 7) is 14.1. The van der Waals surface area contributed by atoms with E-state index in [2.05, 4.69) is 15.6 Å². The average molecular weight is 351 g/mol. The number of hydrogen-bond donors (Lipinski definition) is 3. The number of carbonyl (C=O) groups excluding carboxylic acids is 3. The first kappa shape index (κ1) is 20.7. The maximum Gasteiger partial charge on any atom is 0.340 e. The van der Waals surface area contributed by atoms with Gasteiger partial charge in [0, 0.05) is 11.2 Å². The monoisotopic (exact) mass is 351 g/mol. The van der Waals surface area contributed by atoms with Crippen LogP contribution >= 0.6 is 0 Å². The zero-order valence-corrected chi connectivity index (χ0v) is 16.3. The van der Waals surface area contributed by atoms with Crippen LogP contribution in [0.3, 0.4) is 0 Å². The molecule has 0 aromatic carbocycles. The molecule has 0 aliphatic carbocycles. The molecule has 3 N–H and O–H groups in total. The Hall–Kier alpha value is -2.31. The van der Waals surface area contributed by atoms with E-state index in [1.165, 1.54) is 0 Å². The summed E-state index contributed by atoms with van der Waals surface area (Å²) in [6.07, 6.45) is -0.250. The highest BCUT2D eigenvalue weighted by Crippen LogP contribution is 2.19. The van der Waals surface area contributed by atoms with Crippen molar-refractivity contribution >= 4 is 17.8 Å². The minimum absolute atomic E-state index is 0.250. The second-order valence-electron chi connectivity index (χ2n) is 7.51. The highest BCUT2D eigenvalue weighted by Gasteiger charge is 2.26. The molecule has 0 bridgehead atoms. The van der Waals surface area contributed by atoms with Crippen LogP contribution in [0.25, 0.3) is 0 Å². The van der Waals surface area contributed by atoms with E-state index in [9.17, 15) is 14.4 Å². The van der Waals surface area contributed by atoms with Crippen molar-refractivity contribution < 1.29 is 19.1 Å². The fraction of sp³-hybridized carbons (Fsp3) is 0.611. The van der Waals surface area contributed by atoms with Crippen molar-refractivity contribution in [1.82, 2.24) is 15.6 Å². The molecule has 0 spiro atoms. The Morgan fingerprint density at radius 3 is 2.12 bits per heavy atom. The van der Waals surface area contributed by atoms with E-state index < -0.39 is 17.9 Å². The highest BCUT2D eigenvalue weighted by atomic mass is 16.5. The number of aromatic amines is 1. The molecule has 0 fully saturated rings. The maximum atomic E-state index is 12.5. The summed E-state index contributed by atoms with van der Waals surface area (Å²) in [4.78, 5) is 39.7. The summed E-state index contributed by atoms with van der Waals surface area (Å²) >= 11 is 0. The first-order valence-corrected chi connectivity index (χ1v) is 8.36. The number of rotatable bonds is 5. The summed E-state index contributed by atoms with van der Waals surface area (Å²) in [7, 11) is 0. The molecule has 140 valence electrons. The third-order valence-corrected chi connectivity index (χ3v) is 3.45. The van der Waals surface area contributed by atoms with Crippen molar-refractivity contribution in [3.63, 3.8) is 0 Å². The lowest BCUT2D eigenvalue weighted by Crippen LogP contribution is -2.51. The van der Waals surface area contributed by atoms with E-state index in [0.29, 0.717) is 16.8 Å². The zero-order chi connectivity index (χ0) is 19.5. The number of esters is 1. The summed E-state index contributed by atoms with van der Waals surface area (Å²) in [5, 5.41) is 5.45. The van der Waals surface area contributed by atoms with Crippen LogP contribution in [0.1, 0.15) is 73.6 Å². The van der Waals surface area contributed by atoms with Crippen molar-refractivity contribution in [3.8, 4) is 0 Å². The maximum absolute atomic E-state index is 12.5. The van der Waals surface area contributed by atoms with Gasteiger partial charge < -0.3 is 20.4 Å². The minimum atomic E-state index is -0.708. The van der Waals surface area contributed by atoms with Crippen LogP contribution < -0.4 is 10.6 Å². The fourth-order valence-corrected chi connectivity index (χ4v) is 2.37. The summed E-state index contributed by atoms with van der Waals surface area (Å²) in [5.74, 6) is -1.19. The standard InChI is InChI=1S/C18H29N3O4/c1-9(2)25-17(24)13-10(3)14(19-11(13)4)16(23)20-12(5)15(22)21-18(6,7)8/h9,12,19H,1-8H3,(H,20,23)(H,21,22)/t12-/m0/s1. The first-order chi connectivity index (χ1) is 11.3. The number of aromatic nitrogens is 1. The topological polar surface area (TPSA) is 100 Å². The molecule has 0 aliphatic rings. The smallest absolute Gasteiger partial charge is 0.340 e.